The number of anilines is 1. The lowest BCUT2D eigenvalue weighted by Crippen LogP contribution is -2.32. The van der Waals surface area contributed by atoms with Crippen LogP contribution < -0.4 is 10.6 Å². The van der Waals surface area contributed by atoms with Crippen molar-refractivity contribution in [2.24, 2.45) is 5.73 Å². The van der Waals surface area contributed by atoms with E-state index in [-0.39, 0.29) is 10.5 Å². The van der Waals surface area contributed by atoms with Crippen molar-refractivity contribution < 1.29 is 17.6 Å². The van der Waals surface area contributed by atoms with E-state index in [1.54, 1.807) is 6.20 Å². The second kappa shape index (κ2) is 7.85. The van der Waals surface area contributed by atoms with Gasteiger partial charge in [0.05, 0.1) is 41.4 Å². The zero-order valence-electron chi connectivity index (χ0n) is 17.3. The highest BCUT2D eigenvalue weighted by Gasteiger charge is 2.28. The van der Waals surface area contributed by atoms with Gasteiger partial charge in [0.2, 0.25) is 5.91 Å². The lowest BCUT2D eigenvalue weighted by atomic mass is 10.1. The Bertz CT molecular complexity index is 1440. The van der Waals surface area contributed by atoms with Gasteiger partial charge >= 0.3 is 0 Å². The minimum Gasteiger partial charge on any atom is -0.366 e. The molecule has 0 aliphatic carbocycles. The molecule has 0 unspecified atom stereocenters. The molecule has 1 aliphatic heterocycles. The molecule has 0 saturated carbocycles. The first-order valence-corrected chi connectivity index (χ1v) is 11.5. The molecule has 0 bridgehead atoms. The van der Waals surface area contributed by atoms with Gasteiger partial charge in [0.15, 0.2) is 5.82 Å². The van der Waals surface area contributed by atoms with Crippen molar-refractivity contribution >= 4 is 21.6 Å². The molecule has 3 heterocycles. The quantitative estimate of drug-likeness (QED) is 0.482. The van der Waals surface area contributed by atoms with Crippen LogP contribution in [0.5, 0.6) is 0 Å². The number of nitrogens with two attached hydrogens (primary N) is 1. The van der Waals surface area contributed by atoms with Crippen LogP contribution in [0.15, 0.2) is 72.0 Å². The molecular formula is C22H19FN6O3S. The summed E-state index contributed by atoms with van der Waals surface area (Å²) in [6.07, 6.45) is 4.65. The standard InChI is InChI=1S/C22H19FN6O3S/c23-17-12-25-28(13-17)19-5-3-18(4-6-19)27-10-9-16-11-26-29(21(16)14-27)33(31,32)20-7-1-15(2-8-20)22(24)30/h1-8,11-13H,9-10,14H2,(H2,24,30). The maximum atomic E-state index is 13.2. The third kappa shape index (κ3) is 3.76. The van der Waals surface area contributed by atoms with Crippen molar-refractivity contribution in [2.45, 2.75) is 17.9 Å². The van der Waals surface area contributed by atoms with Crippen LogP contribution in [0.3, 0.4) is 0 Å². The summed E-state index contributed by atoms with van der Waals surface area (Å²) in [5.41, 5.74) is 8.53. The average Bonchev–Trinajstić information content (AvgIpc) is 3.45. The molecule has 0 saturated heterocycles. The number of aromatic nitrogens is 4. The van der Waals surface area contributed by atoms with Crippen LogP contribution in [-0.4, -0.2) is 39.8 Å². The van der Waals surface area contributed by atoms with Crippen LogP contribution in [0.2, 0.25) is 0 Å². The Hall–Kier alpha value is -3.99. The van der Waals surface area contributed by atoms with E-state index in [9.17, 15) is 17.6 Å². The van der Waals surface area contributed by atoms with E-state index in [4.69, 9.17) is 5.73 Å². The molecule has 2 aromatic heterocycles. The number of hydrogen-bond donors (Lipinski definition) is 1. The third-order valence-electron chi connectivity index (χ3n) is 5.61. The van der Waals surface area contributed by atoms with E-state index in [0.717, 1.165) is 21.5 Å². The first-order chi connectivity index (χ1) is 15.8. The summed E-state index contributed by atoms with van der Waals surface area (Å²) < 4.78 is 42.2. The van der Waals surface area contributed by atoms with Crippen LogP contribution in [0.25, 0.3) is 5.69 Å². The maximum absolute atomic E-state index is 13.2. The van der Waals surface area contributed by atoms with Gasteiger partial charge in [0, 0.05) is 17.8 Å². The molecule has 1 aliphatic rings. The molecular weight excluding hydrogens is 447 g/mol. The van der Waals surface area contributed by atoms with Gasteiger partial charge in [-0.05, 0) is 60.5 Å². The highest BCUT2D eigenvalue weighted by atomic mass is 32.2. The molecule has 0 fully saturated rings. The summed E-state index contributed by atoms with van der Waals surface area (Å²) >= 11 is 0. The van der Waals surface area contributed by atoms with Gasteiger partial charge in [0.25, 0.3) is 10.0 Å². The van der Waals surface area contributed by atoms with Gasteiger partial charge < -0.3 is 10.6 Å². The third-order valence-corrected chi connectivity index (χ3v) is 7.24. The number of fused-ring (bicyclic) bond motifs is 1. The van der Waals surface area contributed by atoms with Crippen molar-refractivity contribution in [1.82, 2.24) is 19.0 Å². The van der Waals surface area contributed by atoms with Crippen LogP contribution in [0.4, 0.5) is 10.1 Å². The summed E-state index contributed by atoms with van der Waals surface area (Å²) in [6, 6.07) is 12.9. The van der Waals surface area contributed by atoms with E-state index < -0.39 is 21.7 Å². The summed E-state index contributed by atoms with van der Waals surface area (Å²) in [5, 5.41) is 8.11. The van der Waals surface area contributed by atoms with Gasteiger partial charge in [-0.2, -0.15) is 22.7 Å². The Kier molecular flexibility index (Phi) is 4.97. The number of benzene rings is 2. The fraction of sp³-hybridized carbons (Fsp3) is 0.136. The number of amides is 1. The van der Waals surface area contributed by atoms with Gasteiger partial charge in [-0.25, -0.2) is 9.07 Å². The summed E-state index contributed by atoms with van der Waals surface area (Å²) in [5.74, 6) is -1.05. The molecule has 0 spiro atoms. The minimum absolute atomic E-state index is 0.0198. The fourth-order valence-electron chi connectivity index (χ4n) is 3.85. The van der Waals surface area contributed by atoms with E-state index in [0.29, 0.717) is 30.9 Å². The zero-order chi connectivity index (χ0) is 23.2. The number of primary amides is 1. The lowest BCUT2D eigenvalue weighted by molar-refractivity contribution is 0.1000. The molecule has 0 radical (unpaired) electrons. The van der Waals surface area contributed by atoms with Crippen LogP contribution in [-0.2, 0) is 23.0 Å². The average molecular weight is 466 g/mol. The zero-order valence-corrected chi connectivity index (χ0v) is 18.1. The number of carbonyl (C=O) groups excluding carboxylic acids is 1. The predicted molar refractivity (Wildman–Crippen MR) is 118 cm³/mol. The SMILES string of the molecule is NC(=O)c1ccc(S(=O)(=O)n2ncc3c2CN(c2ccc(-n4cc(F)cn4)cc2)CC3)cc1. The van der Waals surface area contributed by atoms with Crippen LogP contribution in [0, 0.1) is 5.82 Å². The molecule has 1 amide bonds. The van der Waals surface area contributed by atoms with Crippen molar-refractivity contribution in [3.05, 3.63) is 89.8 Å². The van der Waals surface area contributed by atoms with E-state index in [1.807, 2.05) is 24.3 Å². The highest BCUT2D eigenvalue weighted by molar-refractivity contribution is 7.89. The second-order valence-corrected chi connectivity index (χ2v) is 9.41. The molecule has 4 aromatic rings. The van der Waals surface area contributed by atoms with Gasteiger partial charge in [-0.15, -0.1) is 0 Å². The molecule has 5 rings (SSSR count). The first kappa shape index (κ1) is 20.9. The Labute approximate surface area is 188 Å². The molecule has 33 heavy (non-hydrogen) atoms. The van der Waals surface area contributed by atoms with E-state index in [2.05, 4.69) is 15.1 Å². The normalized spacial score (nSPS) is 13.7. The number of carbonyl (C=O) groups is 1. The van der Waals surface area contributed by atoms with Crippen molar-refractivity contribution in [2.75, 3.05) is 11.4 Å². The number of nitrogens with zero attached hydrogens (tertiary/aromatic N) is 5. The largest absolute Gasteiger partial charge is 0.366 e. The minimum atomic E-state index is -3.95. The van der Waals surface area contributed by atoms with Gasteiger partial charge in [0.1, 0.15) is 0 Å². The van der Waals surface area contributed by atoms with Gasteiger partial charge in [-0.3, -0.25) is 4.79 Å². The Morgan fingerprint density at radius 2 is 1.67 bits per heavy atom. The van der Waals surface area contributed by atoms with Crippen molar-refractivity contribution in [1.29, 1.82) is 0 Å². The molecule has 11 heteroatoms. The fourth-order valence-corrected chi connectivity index (χ4v) is 5.17. The first-order valence-electron chi connectivity index (χ1n) is 10.1. The molecule has 168 valence electrons. The summed E-state index contributed by atoms with van der Waals surface area (Å²) in [4.78, 5) is 13.4. The van der Waals surface area contributed by atoms with E-state index in [1.165, 1.54) is 35.1 Å². The molecule has 0 atom stereocenters. The maximum Gasteiger partial charge on any atom is 0.283 e. The topological polar surface area (TPSA) is 116 Å². The number of rotatable bonds is 5. The molecule has 2 aromatic carbocycles. The monoisotopic (exact) mass is 466 g/mol. The smallest absolute Gasteiger partial charge is 0.283 e. The highest BCUT2D eigenvalue weighted by Crippen LogP contribution is 2.27. The van der Waals surface area contributed by atoms with Crippen LogP contribution >= 0.6 is 0 Å². The Morgan fingerprint density at radius 3 is 2.30 bits per heavy atom. The van der Waals surface area contributed by atoms with E-state index >= 15 is 0 Å². The van der Waals surface area contributed by atoms with Crippen LogP contribution in [0.1, 0.15) is 21.6 Å². The molecule has 2 N–H and O–H groups in total. The Morgan fingerprint density at radius 1 is 0.970 bits per heavy atom. The van der Waals surface area contributed by atoms with Crippen molar-refractivity contribution in [3.63, 3.8) is 0 Å². The molecule has 9 nitrogen and oxygen atoms in total. The number of hydrogen-bond acceptors (Lipinski definition) is 6. The number of halogens is 1. The summed E-state index contributed by atoms with van der Waals surface area (Å²) in [6.45, 7) is 1.05. The predicted octanol–water partition coefficient (Wildman–Crippen LogP) is 2.11. The summed E-state index contributed by atoms with van der Waals surface area (Å²) in [7, 11) is -3.95. The second-order valence-electron chi connectivity index (χ2n) is 7.64. The van der Waals surface area contributed by atoms with Gasteiger partial charge in [-0.1, -0.05) is 0 Å². The lowest BCUT2D eigenvalue weighted by Gasteiger charge is -2.29. The van der Waals surface area contributed by atoms with Crippen molar-refractivity contribution in [3.8, 4) is 5.69 Å². The Balaban J connectivity index is 1.42.